The standard InChI is InChI=1S/C46H72N4O11/c1-13-36-46(9,56)40(61-43(53)47-25-33-21-19-27(2)20-22-33)32(7)50(12)26-28(3)24-45(8,55)39(60-42-37(51)35(49(10)11)23-29(4)57-42)30(5)38(31(6)41(52)58-36)59-44(54)48-34-17-15-14-16-18-34/h14-22,28-32,35-40,42,51,55-56H,13,23-26H2,1-12H3,(H,47,53)(H,48,54)/t28-,29-,30+,31-,32-,35+,36-,37-,38+,39-,40-,42+,45-,46-/m1/s1. The molecule has 2 aliphatic heterocycles. The summed E-state index contributed by atoms with van der Waals surface area (Å²) in [5.74, 6) is -3.14. The molecule has 2 aromatic carbocycles. The van der Waals surface area contributed by atoms with Gasteiger partial charge in [-0.25, -0.2) is 9.59 Å². The number of aryl methyl sites for hydroxylation is 1. The number of amides is 2. The molecule has 2 amide bonds. The molecule has 2 aromatic rings. The van der Waals surface area contributed by atoms with Crippen molar-refractivity contribution in [2.75, 3.05) is 33.0 Å². The molecule has 0 unspecified atom stereocenters. The second-order valence-corrected chi connectivity index (χ2v) is 18.2. The van der Waals surface area contributed by atoms with Crippen LogP contribution in [0.1, 0.15) is 85.8 Å². The Morgan fingerprint density at radius 1 is 0.951 bits per heavy atom. The second-order valence-electron chi connectivity index (χ2n) is 18.2. The smallest absolute Gasteiger partial charge is 0.411 e. The Labute approximate surface area is 362 Å². The average molecular weight is 857 g/mol. The molecule has 2 saturated heterocycles. The Kier molecular flexibility index (Phi) is 17.6. The highest BCUT2D eigenvalue weighted by Gasteiger charge is 2.52. The van der Waals surface area contributed by atoms with Gasteiger partial charge in [0.2, 0.25) is 0 Å². The number of carbonyl (C=O) groups is 3. The van der Waals surface area contributed by atoms with Gasteiger partial charge in [0.25, 0.3) is 0 Å². The molecule has 0 aromatic heterocycles. The molecule has 15 heteroatoms. The molecule has 0 spiro atoms. The van der Waals surface area contributed by atoms with Gasteiger partial charge >= 0.3 is 18.2 Å². The van der Waals surface area contributed by atoms with Gasteiger partial charge < -0.3 is 49.2 Å². The number of benzene rings is 2. The highest BCUT2D eigenvalue weighted by molar-refractivity contribution is 5.85. The van der Waals surface area contributed by atoms with Gasteiger partial charge in [-0.05, 0) is 106 Å². The van der Waals surface area contributed by atoms with E-state index in [1.807, 2.05) is 82.9 Å². The predicted octanol–water partition coefficient (Wildman–Crippen LogP) is 5.47. The lowest BCUT2D eigenvalue weighted by Crippen LogP contribution is -2.61. The first-order chi connectivity index (χ1) is 28.5. The molecule has 61 heavy (non-hydrogen) atoms. The highest BCUT2D eigenvalue weighted by Crippen LogP contribution is 2.38. The molecule has 2 heterocycles. The maximum absolute atomic E-state index is 14.4. The number of likely N-dealkylation sites (N-methyl/N-ethyl adjacent to an activating group) is 2. The van der Waals surface area contributed by atoms with Crippen LogP contribution >= 0.6 is 0 Å². The van der Waals surface area contributed by atoms with Crippen LogP contribution in [0.3, 0.4) is 0 Å². The number of rotatable bonds is 9. The fourth-order valence-electron chi connectivity index (χ4n) is 8.96. The van der Waals surface area contributed by atoms with Gasteiger partial charge in [-0.3, -0.25) is 15.0 Å². The number of para-hydroxylation sites is 1. The van der Waals surface area contributed by atoms with E-state index in [-0.39, 0.29) is 37.5 Å². The van der Waals surface area contributed by atoms with Gasteiger partial charge in [-0.1, -0.05) is 68.8 Å². The van der Waals surface area contributed by atoms with E-state index in [4.69, 9.17) is 23.7 Å². The highest BCUT2D eigenvalue weighted by atomic mass is 16.7. The summed E-state index contributed by atoms with van der Waals surface area (Å²) in [5, 5.41) is 42.1. The topological polar surface area (TPSA) is 189 Å². The van der Waals surface area contributed by atoms with Crippen molar-refractivity contribution < 1.29 is 53.4 Å². The lowest BCUT2D eigenvalue weighted by molar-refractivity contribution is -0.299. The summed E-state index contributed by atoms with van der Waals surface area (Å²) < 4.78 is 31.2. The summed E-state index contributed by atoms with van der Waals surface area (Å²) in [6.45, 7) is 16.3. The number of aliphatic hydroxyl groups is 3. The largest absolute Gasteiger partial charge is 0.459 e. The summed E-state index contributed by atoms with van der Waals surface area (Å²) in [7, 11) is 5.56. The number of hydrogen-bond donors (Lipinski definition) is 5. The monoisotopic (exact) mass is 857 g/mol. The number of aliphatic hydroxyl groups excluding tert-OH is 1. The van der Waals surface area contributed by atoms with Crippen LogP contribution in [0.4, 0.5) is 15.3 Å². The van der Waals surface area contributed by atoms with Gasteiger partial charge in [0.15, 0.2) is 12.4 Å². The van der Waals surface area contributed by atoms with Crippen LogP contribution in [0, 0.1) is 24.7 Å². The Bertz CT molecular complexity index is 1710. The SMILES string of the molecule is CC[C@H]1OC(=O)[C@H](C)[C@@H](OC(=O)Nc2ccccc2)[C@H](C)[C@@H](O[C@@H]2O[C@H](C)C[C@H](N(C)C)[C@H]2O)[C@](C)(O)C[C@@H](C)CN(C)[C@H](C)[C@@H](OC(=O)NCc2ccc(C)cc2)[C@]1(C)O. The van der Waals surface area contributed by atoms with E-state index in [1.165, 1.54) is 6.92 Å². The van der Waals surface area contributed by atoms with Crippen LogP contribution < -0.4 is 10.6 Å². The number of alkyl carbamates (subject to hydrolysis) is 1. The molecule has 14 atom stereocenters. The first-order valence-electron chi connectivity index (χ1n) is 21.6. The zero-order valence-electron chi connectivity index (χ0n) is 38.2. The molecule has 342 valence electrons. The van der Waals surface area contributed by atoms with Crippen LogP contribution in [-0.2, 0) is 35.0 Å². The third-order valence-corrected chi connectivity index (χ3v) is 12.4. The molecule has 5 N–H and O–H groups in total. The van der Waals surface area contributed by atoms with E-state index in [9.17, 15) is 29.7 Å². The van der Waals surface area contributed by atoms with Crippen molar-refractivity contribution in [1.29, 1.82) is 0 Å². The van der Waals surface area contributed by atoms with Crippen molar-refractivity contribution >= 4 is 23.8 Å². The molecule has 2 fully saturated rings. The molecule has 2 aliphatic rings. The summed E-state index contributed by atoms with van der Waals surface area (Å²) in [6, 6.07) is 15.4. The summed E-state index contributed by atoms with van der Waals surface area (Å²) in [5.41, 5.74) is -1.18. The molecule has 0 saturated carbocycles. The third-order valence-electron chi connectivity index (χ3n) is 12.4. The van der Waals surface area contributed by atoms with E-state index in [2.05, 4.69) is 10.6 Å². The second kappa shape index (κ2) is 21.5. The quantitative estimate of drug-likeness (QED) is 0.158. The minimum atomic E-state index is -1.92. The van der Waals surface area contributed by atoms with Gasteiger partial charge in [0.05, 0.1) is 23.7 Å². The minimum Gasteiger partial charge on any atom is -0.459 e. The van der Waals surface area contributed by atoms with E-state index >= 15 is 0 Å². The molecule has 0 radical (unpaired) electrons. The average Bonchev–Trinajstić information content (AvgIpc) is 3.19. The van der Waals surface area contributed by atoms with Crippen molar-refractivity contribution in [3.05, 3.63) is 65.7 Å². The zero-order valence-corrected chi connectivity index (χ0v) is 38.2. The summed E-state index contributed by atoms with van der Waals surface area (Å²) in [6.07, 6.45) is -8.21. The van der Waals surface area contributed by atoms with Crippen molar-refractivity contribution in [3.8, 4) is 0 Å². The number of ether oxygens (including phenoxy) is 5. The number of nitrogens with one attached hydrogen (secondary N) is 2. The fraction of sp³-hybridized carbons (Fsp3) is 0.674. The number of carbonyl (C=O) groups excluding carboxylic acids is 3. The molecule has 15 nitrogen and oxygen atoms in total. The van der Waals surface area contributed by atoms with Crippen LogP contribution in [0.25, 0.3) is 0 Å². The van der Waals surface area contributed by atoms with Crippen LogP contribution in [0.5, 0.6) is 0 Å². The summed E-state index contributed by atoms with van der Waals surface area (Å²) >= 11 is 0. The molecular weight excluding hydrogens is 785 g/mol. The third kappa shape index (κ3) is 13.1. The van der Waals surface area contributed by atoms with E-state index in [1.54, 1.807) is 58.0 Å². The van der Waals surface area contributed by atoms with Crippen molar-refractivity contribution in [2.45, 2.75) is 154 Å². The number of anilines is 1. The van der Waals surface area contributed by atoms with Gasteiger partial charge in [-0.15, -0.1) is 0 Å². The molecule has 4 rings (SSSR count). The number of cyclic esters (lactones) is 1. The number of hydrogen-bond acceptors (Lipinski definition) is 13. The predicted molar refractivity (Wildman–Crippen MR) is 232 cm³/mol. The first-order valence-corrected chi connectivity index (χ1v) is 21.6. The van der Waals surface area contributed by atoms with E-state index < -0.39 is 84.0 Å². The Morgan fingerprint density at radius 2 is 1.59 bits per heavy atom. The lowest BCUT2D eigenvalue weighted by atomic mass is 9.77. The maximum atomic E-state index is 14.4. The number of esters is 1. The lowest BCUT2D eigenvalue weighted by Gasteiger charge is -2.47. The van der Waals surface area contributed by atoms with Gasteiger partial charge in [0, 0.05) is 36.8 Å². The number of nitrogens with zero attached hydrogens (tertiary/aromatic N) is 2. The van der Waals surface area contributed by atoms with Crippen LogP contribution in [-0.4, -0.2) is 137 Å². The fourth-order valence-corrected chi connectivity index (χ4v) is 8.96. The zero-order chi connectivity index (χ0) is 45.4. The summed E-state index contributed by atoms with van der Waals surface area (Å²) in [4.78, 5) is 45.4. The van der Waals surface area contributed by atoms with E-state index in [0.717, 1.165) is 11.1 Å². The van der Waals surface area contributed by atoms with E-state index in [0.29, 0.717) is 18.7 Å². The van der Waals surface area contributed by atoms with Gasteiger partial charge in [0.1, 0.15) is 23.9 Å². The maximum Gasteiger partial charge on any atom is 0.411 e. The first kappa shape index (κ1) is 49.8. The van der Waals surface area contributed by atoms with Crippen LogP contribution in [0.15, 0.2) is 54.6 Å². The molecular formula is C46H72N4O11. The van der Waals surface area contributed by atoms with Crippen molar-refractivity contribution in [2.24, 2.45) is 17.8 Å². The van der Waals surface area contributed by atoms with Crippen molar-refractivity contribution in [3.63, 3.8) is 0 Å². The molecule has 0 aliphatic carbocycles. The Hall–Kier alpha value is -3.83. The Balaban J connectivity index is 1.76. The molecule has 0 bridgehead atoms. The Morgan fingerprint density at radius 3 is 2.20 bits per heavy atom. The normalized spacial score (nSPS) is 35.9. The minimum absolute atomic E-state index is 0.140. The van der Waals surface area contributed by atoms with Crippen LogP contribution in [0.2, 0.25) is 0 Å². The van der Waals surface area contributed by atoms with Crippen molar-refractivity contribution in [1.82, 2.24) is 15.1 Å². The van der Waals surface area contributed by atoms with Gasteiger partial charge in [-0.2, -0.15) is 0 Å².